The second kappa shape index (κ2) is 4.53. The fourth-order valence-corrected chi connectivity index (χ4v) is 1.86. The molecule has 0 amide bonds. The van der Waals surface area contributed by atoms with Gasteiger partial charge in [0.1, 0.15) is 0 Å². The number of hydrogen-bond acceptors (Lipinski definition) is 5. The van der Waals surface area contributed by atoms with Gasteiger partial charge in [0.15, 0.2) is 16.4 Å². The second-order valence-corrected chi connectivity index (χ2v) is 4.05. The molecule has 3 heterocycles. The van der Waals surface area contributed by atoms with Crippen LogP contribution in [0.3, 0.4) is 0 Å². The van der Waals surface area contributed by atoms with Gasteiger partial charge in [-0.2, -0.15) is 5.10 Å². The summed E-state index contributed by atoms with van der Waals surface area (Å²) in [5.74, 6) is 1.45. The Hall–Kier alpha value is -2.28. The first-order chi connectivity index (χ1) is 8.84. The summed E-state index contributed by atoms with van der Waals surface area (Å²) in [6.45, 7) is 0.486. The molecule has 3 rings (SSSR count). The number of aromatic amines is 1. The minimum Gasteiger partial charge on any atom is -0.359 e. The highest BCUT2D eigenvalue weighted by Crippen LogP contribution is 2.16. The van der Waals surface area contributed by atoms with Gasteiger partial charge in [-0.1, -0.05) is 5.16 Å². The van der Waals surface area contributed by atoms with E-state index < -0.39 is 0 Å². The highest BCUT2D eigenvalue weighted by Gasteiger charge is 2.10. The Labute approximate surface area is 107 Å². The molecular formula is C11H9N5OS. The van der Waals surface area contributed by atoms with Crippen LogP contribution in [0, 0.1) is 4.77 Å². The van der Waals surface area contributed by atoms with Gasteiger partial charge in [-0.25, -0.2) is 0 Å². The summed E-state index contributed by atoms with van der Waals surface area (Å²) in [4.78, 5) is 4.07. The van der Waals surface area contributed by atoms with E-state index in [9.17, 15) is 0 Å². The van der Waals surface area contributed by atoms with Crippen LogP contribution in [0.15, 0.2) is 41.3 Å². The lowest BCUT2D eigenvalue weighted by atomic mass is 10.2. The van der Waals surface area contributed by atoms with Crippen LogP contribution >= 0.6 is 12.2 Å². The van der Waals surface area contributed by atoms with Gasteiger partial charge in [0.05, 0.1) is 12.7 Å². The van der Waals surface area contributed by atoms with Gasteiger partial charge in [0.25, 0.3) is 0 Å². The quantitative estimate of drug-likeness (QED) is 0.729. The van der Waals surface area contributed by atoms with Crippen molar-refractivity contribution in [3.63, 3.8) is 0 Å². The summed E-state index contributed by atoms with van der Waals surface area (Å²) in [5.41, 5.74) is 0.893. The van der Waals surface area contributed by atoms with Crippen LogP contribution in [0.2, 0.25) is 0 Å². The van der Waals surface area contributed by atoms with E-state index in [4.69, 9.17) is 16.7 Å². The smallest absolute Gasteiger partial charge is 0.195 e. The van der Waals surface area contributed by atoms with Gasteiger partial charge in [0, 0.05) is 24.0 Å². The maximum Gasteiger partial charge on any atom is 0.195 e. The topological polar surface area (TPSA) is 72.5 Å². The molecule has 7 heteroatoms. The minimum absolute atomic E-state index is 0.486. The average molecular weight is 259 g/mol. The van der Waals surface area contributed by atoms with Crippen molar-refractivity contribution in [2.45, 2.75) is 6.54 Å². The third-order valence-corrected chi connectivity index (χ3v) is 2.79. The molecule has 0 saturated carbocycles. The lowest BCUT2D eigenvalue weighted by Crippen LogP contribution is -2.01. The fraction of sp³-hybridized carbons (Fsp3) is 0.0909. The van der Waals surface area contributed by atoms with Crippen LogP contribution in [0.1, 0.15) is 5.76 Å². The van der Waals surface area contributed by atoms with Crippen molar-refractivity contribution in [1.29, 1.82) is 0 Å². The first-order valence-corrected chi connectivity index (χ1v) is 5.70. The molecule has 0 bridgehead atoms. The van der Waals surface area contributed by atoms with Crippen LogP contribution in [0.25, 0.3) is 11.4 Å². The van der Waals surface area contributed by atoms with Gasteiger partial charge in [-0.05, 0) is 24.4 Å². The van der Waals surface area contributed by atoms with Crippen LogP contribution < -0.4 is 0 Å². The monoisotopic (exact) mass is 259 g/mol. The van der Waals surface area contributed by atoms with Gasteiger partial charge in [0.2, 0.25) is 0 Å². The highest BCUT2D eigenvalue weighted by atomic mass is 32.1. The van der Waals surface area contributed by atoms with Crippen LogP contribution in [0.5, 0.6) is 0 Å². The Morgan fingerprint density at radius 1 is 1.33 bits per heavy atom. The van der Waals surface area contributed by atoms with Gasteiger partial charge >= 0.3 is 0 Å². The molecule has 0 aliphatic carbocycles. The van der Waals surface area contributed by atoms with Gasteiger partial charge < -0.3 is 4.52 Å². The molecule has 3 aromatic heterocycles. The summed E-state index contributed by atoms with van der Waals surface area (Å²) >= 11 is 5.21. The molecule has 0 radical (unpaired) electrons. The van der Waals surface area contributed by atoms with Crippen molar-refractivity contribution in [3.8, 4) is 11.4 Å². The Kier molecular flexibility index (Phi) is 2.73. The molecule has 0 spiro atoms. The zero-order valence-corrected chi connectivity index (χ0v) is 10.1. The molecule has 0 atom stereocenters. The van der Waals surface area contributed by atoms with Crippen molar-refractivity contribution in [1.82, 2.24) is 24.9 Å². The zero-order chi connectivity index (χ0) is 12.4. The Morgan fingerprint density at radius 2 is 2.28 bits per heavy atom. The standard InChI is InChI=1S/C11H9N5OS/c18-11-15-14-10(8-2-1-4-12-6-8)16(11)7-9-3-5-13-17-9/h1-6H,7H2,(H,15,18). The summed E-state index contributed by atoms with van der Waals surface area (Å²) in [7, 11) is 0. The van der Waals surface area contributed by atoms with E-state index in [0.717, 1.165) is 17.1 Å². The van der Waals surface area contributed by atoms with Gasteiger partial charge in [-0.15, -0.1) is 0 Å². The van der Waals surface area contributed by atoms with E-state index >= 15 is 0 Å². The Balaban J connectivity index is 2.04. The minimum atomic E-state index is 0.486. The molecule has 18 heavy (non-hydrogen) atoms. The third kappa shape index (κ3) is 1.95. The molecule has 0 saturated heterocycles. The van der Waals surface area contributed by atoms with Crippen molar-refractivity contribution >= 4 is 12.2 Å². The molecular weight excluding hydrogens is 250 g/mol. The van der Waals surface area contributed by atoms with Gasteiger partial charge in [-0.3, -0.25) is 14.6 Å². The summed E-state index contributed by atoms with van der Waals surface area (Å²) in [6.07, 6.45) is 5.05. The number of H-pyrrole nitrogens is 1. The summed E-state index contributed by atoms with van der Waals surface area (Å²) < 4.78 is 7.45. The number of pyridine rings is 1. The fourth-order valence-electron chi connectivity index (χ4n) is 1.66. The number of hydrogen-bond donors (Lipinski definition) is 1. The zero-order valence-electron chi connectivity index (χ0n) is 9.28. The van der Waals surface area contributed by atoms with Crippen molar-refractivity contribution in [3.05, 3.63) is 47.3 Å². The van der Waals surface area contributed by atoms with E-state index in [1.807, 2.05) is 16.7 Å². The predicted molar refractivity (Wildman–Crippen MR) is 66.2 cm³/mol. The first kappa shape index (κ1) is 10.8. The number of nitrogens with one attached hydrogen (secondary N) is 1. The van der Waals surface area contributed by atoms with Crippen LogP contribution in [0.4, 0.5) is 0 Å². The number of aromatic nitrogens is 5. The van der Waals surface area contributed by atoms with Crippen LogP contribution in [-0.2, 0) is 6.54 Å². The SMILES string of the molecule is S=c1[nH]nc(-c2cccnc2)n1Cc1ccno1. The average Bonchev–Trinajstić information content (AvgIpc) is 3.03. The molecule has 90 valence electrons. The van der Waals surface area contributed by atoms with E-state index in [-0.39, 0.29) is 0 Å². The maximum absolute atomic E-state index is 5.21. The maximum atomic E-state index is 5.21. The number of rotatable bonds is 3. The van der Waals surface area contributed by atoms with E-state index in [2.05, 4.69) is 20.3 Å². The summed E-state index contributed by atoms with van der Waals surface area (Å²) in [5, 5.41) is 10.7. The van der Waals surface area contributed by atoms with Crippen LogP contribution in [-0.4, -0.2) is 24.9 Å². The van der Waals surface area contributed by atoms with Crippen molar-refractivity contribution < 1.29 is 4.52 Å². The Morgan fingerprint density at radius 3 is 3.00 bits per heavy atom. The van der Waals surface area contributed by atoms with Crippen molar-refractivity contribution in [2.75, 3.05) is 0 Å². The number of nitrogens with zero attached hydrogens (tertiary/aromatic N) is 4. The lowest BCUT2D eigenvalue weighted by Gasteiger charge is -2.03. The van der Waals surface area contributed by atoms with E-state index in [1.165, 1.54) is 0 Å². The molecule has 0 aliphatic rings. The summed E-state index contributed by atoms with van der Waals surface area (Å²) in [6, 6.07) is 5.57. The molecule has 0 fully saturated rings. The highest BCUT2D eigenvalue weighted by molar-refractivity contribution is 7.71. The molecule has 0 aliphatic heterocycles. The van der Waals surface area contributed by atoms with Crippen molar-refractivity contribution in [2.24, 2.45) is 0 Å². The predicted octanol–water partition coefficient (Wildman–Crippen LogP) is 2.04. The third-order valence-electron chi connectivity index (χ3n) is 2.48. The van der Waals surface area contributed by atoms with E-state index in [1.54, 1.807) is 24.7 Å². The largest absolute Gasteiger partial charge is 0.359 e. The lowest BCUT2D eigenvalue weighted by molar-refractivity contribution is 0.376. The molecule has 0 aromatic carbocycles. The molecule has 3 aromatic rings. The van der Waals surface area contributed by atoms with E-state index in [0.29, 0.717) is 11.3 Å². The molecule has 6 nitrogen and oxygen atoms in total. The molecule has 0 unspecified atom stereocenters. The first-order valence-electron chi connectivity index (χ1n) is 5.30. The Bertz CT molecular complexity index is 686. The molecule has 1 N–H and O–H groups in total. The second-order valence-electron chi connectivity index (χ2n) is 3.66. The normalized spacial score (nSPS) is 10.7.